The van der Waals surface area contributed by atoms with Crippen molar-refractivity contribution >= 4 is 5.57 Å². The van der Waals surface area contributed by atoms with E-state index in [0.29, 0.717) is 0 Å². The van der Waals surface area contributed by atoms with Crippen molar-refractivity contribution < 1.29 is 0 Å². The molecule has 2 aliphatic carbocycles. The van der Waals surface area contributed by atoms with Gasteiger partial charge in [0.15, 0.2) is 0 Å². The van der Waals surface area contributed by atoms with Crippen LogP contribution in [-0.4, -0.2) is 0 Å². The van der Waals surface area contributed by atoms with Crippen LogP contribution in [-0.2, 0) is 5.41 Å². The van der Waals surface area contributed by atoms with E-state index in [9.17, 15) is 0 Å². The average Bonchev–Trinajstić information content (AvgIpc) is 3.04. The Morgan fingerprint density at radius 3 is 1.69 bits per heavy atom. The van der Waals surface area contributed by atoms with Crippen LogP contribution in [0.4, 0.5) is 0 Å². The quantitative estimate of drug-likeness (QED) is 0.341. The van der Waals surface area contributed by atoms with Crippen LogP contribution < -0.4 is 0 Å². The highest BCUT2D eigenvalue weighted by Crippen LogP contribution is 2.66. The van der Waals surface area contributed by atoms with Gasteiger partial charge in [-0.2, -0.15) is 0 Å². The maximum Gasteiger partial charge on any atom is 0.0554 e. The molecule has 0 aromatic heterocycles. The molecule has 0 bridgehead atoms. The van der Waals surface area contributed by atoms with Crippen molar-refractivity contribution in [1.29, 1.82) is 0 Å². The van der Waals surface area contributed by atoms with Gasteiger partial charge in [0.25, 0.3) is 0 Å². The molecule has 0 amide bonds. The van der Waals surface area contributed by atoms with E-state index in [-0.39, 0.29) is 33.1 Å². The van der Waals surface area contributed by atoms with Gasteiger partial charge < -0.3 is 0 Å². The van der Waals surface area contributed by atoms with Gasteiger partial charge in [0, 0.05) is 5.41 Å². The summed E-state index contributed by atoms with van der Waals surface area (Å²) < 4.78 is 0. The average molecular weight is 483 g/mol. The molecule has 0 fully saturated rings. The summed E-state index contributed by atoms with van der Waals surface area (Å²) in [6.07, 6.45) is 9.23. The molecule has 1 unspecified atom stereocenters. The standard InChI is InChI=1S/C30H30.C3H8.3CH4/c1-20-13-15-24(18-22(20)3)30(25-16-14-21(2)23(4)19-25)28-12-7-6-10-26(28)27-11-8-9-17-29(27,30)5;1-3-2;;;/h6-16,18-19H,17H2,1-5H3;3H2,1-2H3;3*1H4. The molecule has 0 saturated heterocycles. The highest BCUT2D eigenvalue weighted by atomic mass is 14.6. The van der Waals surface area contributed by atoms with Crippen LogP contribution in [0.5, 0.6) is 0 Å². The predicted molar refractivity (Wildman–Crippen MR) is 164 cm³/mol. The molecule has 5 rings (SSSR count). The SMILES string of the molecule is C.C.C.CCC.Cc1ccc(C2(c3ccc(C)c(C)c3)c3ccccc3C3=CC=CCC32C)cc1C. The van der Waals surface area contributed by atoms with Crippen molar-refractivity contribution in [3.05, 3.63) is 123 Å². The summed E-state index contributed by atoms with van der Waals surface area (Å²) >= 11 is 0. The molecule has 0 nitrogen and oxygen atoms in total. The molecule has 1 atom stereocenters. The highest BCUT2D eigenvalue weighted by molar-refractivity contribution is 5.86. The van der Waals surface area contributed by atoms with Crippen LogP contribution in [0.1, 0.15) is 100 Å². The van der Waals surface area contributed by atoms with Crippen LogP contribution in [0.3, 0.4) is 0 Å². The summed E-state index contributed by atoms with van der Waals surface area (Å²) in [6.45, 7) is 15.6. The van der Waals surface area contributed by atoms with Crippen LogP contribution in [0.15, 0.2) is 78.9 Å². The minimum Gasteiger partial charge on any atom is -0.0836 e. The largest absolute Gasteiger partial charge is 0.0836 e. The van der Waals surface area contributed by atoms with Crippen LogP contribution in [0, 0.1) is 33.1 Å². The first kappa shape index (κ1) is 31.2. The van der Waals surface area contributed by atoms with Crippen molar-refractivity contribution in [2.24, 2.45) is 5.41 Å². The molecular weight excluding hydrogens is 432 g/mol. The summed E-state index contributed by atoms with van der Waals surface area (Å²) in [5.41, 5.74) is 12.3. The van der Waals surface area contributed by atoms with Gasteiger partial charge in [0.2, 0.25) is 0 Å². The van der Waals surface area contributed by atoms with Crippen LogP contribution in [0.2, 0.25) is 0 Å². The third kappa shape index (κ3) is 4.52. The summed E-state index contributed by atoms with van der Waals surface area (Å²) in [7, 11) is 0. The van der Waals surface area contributed by atoms with Gasteiger partial charge in [-0.15, -0.1) is 0 Å². The Balaban J connectivity index is 0.00000103. The predicted octanol–water partition coefficient (Wildman–Crippen LogP) is 10.9. The minimum absolute atomic E-state index is 0. The lowest BCUT2D eigenvalue weighted by Crippen LogP contribution is -2.43. The summed E-state index contributed by atoms with van der Waals surface area (Å²) in [6, 6.07) is 23.3. The van der Waals surface area contributed by atoms with Crippen molar-refractivity contribution in [2.45, 2.75) is 89.0 Å². The molecule has 0 aliphatic heterocycles. The molecule has 0 spiro atoms. The monoisotopic (exact) mass is 482 g/mol. The Morgan fingerprint density at radius 1 is 0.694 bits per heavy atom. The second kappa shape index (κ2) is 11.9. The van der Waals surface area contributed by atoms with Crippen molar-refractivity contribution in [3.63, 3.8) is 0 Å². The fraction of sp³-hybridized carbons (Fsp3) is 0.389. The van der Waals surface area contributed by atoms with Crippen molar-refractivity contribution in [2.75, 3.05) is 0 Å². The zero-order chi connectivity index (χ0) is 23.8. The molecule has 2 aliphatic rings. The molecule has 3 aromatic carbocycles. The fourth-order valence-corrected chi connectivity index (χ4v) is 5.91. The Labute approximate surface area is 223 Å². The number of fused-ring (bicyclic) bond motifs is 3. The summed E-state index contributed by atoms with van der Waals surface area (Å²) in [5.74, 6) is 0. The Bertz CT molecular complexity index is 1190. The Hall–Kier alpha value is -2.86. The third-order valence-corrected chi connectivity index (χ3v) is 7.85. The first-order chi connectivity index (χ1) is 15.8. The highest BCUT2D eigenvalue weighted by Gasteiger charge is 2.59. The van der Waals surface area contributed by atoms with E-state index in [1.54, 1.807) is 0 Å². The zero-order valence-corrected chi connectivity index (χ0v) is 21.4. The Morgan fingerprint density at radius 2 is 1.19 bits per heavy atom. The topological polar surface area (TPSA) is 0 Å². The van der Waals surface area contributed by atoms with E-state index in [1.807, 2.05) is 0 Å². The number of hydrogen-bond donors (Lipinski definition) is 0. The van der Waals surface area contributed by atoms with Gasteiger partial charge in [0.05, 0.1) is 5.41 Å². The van der Waals surface area contributed by atoms with Crippen LogP contribution in [0.25, 0.3) is 5.57 Å². The zero-order valence-electron chi connectivity index (χ0n) is 21.4. The minimum atomic E-state index is -0.211. The molecular formula is C36H50. The molecule has 194 valence electrons. The number of hydrogen-bond acceptors (Lipinski definition) is 0. The van der Waals surface area contributed by atoms with Gasteiger partial charge in [-0.05, 0) is 84.2 Å². The van der Waals surface area contributed by atoms with Gasteiger partial charge >= 0.3 is 0 Å². The normalized spacial score (nSPS) is 18.1. The second-order valence-corrected chi connectivity index (χ2v) is 10.1. The molecule has 0 N–H and O–H groups in total. The van der Waals surface area contributed by atoms with Crippen molar-refractivity contribution in [1.82, 2.24) is 0 Å². The third-order valence-electron chi connectivity index (χ3n) is 7.85. The number of allylic oxidation sites excluding steroid dienone is 4. The van der Waals surface area contributed by atoms with E-state index >= 15 is 0 Å². The molecule has 3 aromatic rings. The summed E-state index contributed by atoms with van der Waals surface area (Å²) in [5, 5.41) is 0. The lowest BCUT2D eigenvalue weighted by atomic mass is 9.54. The maximum atomic E-state index is 2.48. The number of rotatable bonds is 2. The van der Waals surface area contributed by atoms with E-state index in [4.69, 9.17) is 0 Å². The van der Waals surface area contributed by atoms with Crippen molar-refractivity contribution in [3.8, 4) is 0 Å². The molecule has 0 heterocycles. The Kier molecular flexibility index (Phi) is 10.3. The maximum absolute atomic E-state index is 2.48. The van der Waals surface area contributed by atoms with E-state index in [0.717, 1.165) is 6.42 Å². The first-order valence-corrected chi connectivity index (χ1v) is 12.4. The van der Waals surface area contributed by atoms with E-state index in [2.05, 4.69) is 127 Å². The van der Waals surface area contributed by atoms with Gasteiger partial charge in [0.1, 0.15) is 0 Å². The van der Waals surface area contributed by atoms with E-state index in [1.165, 1.54) is 56.5 Å². The smallest absolute Gasteiger partial charge is 0.0554 e. The molecule has 0 saturated carbocycles. The summed E-state index contributed by atoms with van der Waals surface area (Å²) in [4.78, 5) is 0. The lowest BCUT2D eigenvalue weighted by Gasteiger charge is -2.47. The first-order valence-electron chi connectivity index (χ1n) is 12.4. The molecule has 0 radical (unpaired) electrons. The fourth-order valence-electron chi connectivity index (χ4n) is 5.91. The molecule has 36 heavy (non-hydrogen) atoms. The number of aryl methyl sites for hydroxylation is 4. The second-order valence-electron chi connectivity index (χ2n) is 10.1. The number of benzene rings is 3. The van der Waals surface area contributed by atoms with Gasteiger partial charge in [-0.25, -0.2) is 0 Å². The van der Waals surface area contributed by atoms with Gasteiger partial charge in [-0.1, -0.05) is 128 Å². The lowest BCUT2D eigenvalue weighted by molar-refractivity contribution is 0.321. The van der Waals surface area contributed by atoms with Gasteiger partial charge in [-0.3, -0.25) is 0 Å². The van der Waals surface area contributed by atoms with E-state index < -0.39 is 0 Å². The van der Waals surface area contributed by atoms with Crippen LogP contribution >= 0.6 is 0 Å². The molecule has 0 heteroatoms.